The maximum Gasteiger partial charge on any atom is 0.518 e. The van der Waals surface area contributed by atoms with Crippen LogP contribution in [0.3, 0.4) is 0 Å². The number of rotatable bonds is 17. The molecule has 0 fully saturated rings. The van der Waals surface area contributed by atoms with Crippen LogP contribution in [0.1, 0.15) is 26.2 Å². The van der Waals surface area contributed by atoms with Gasteiger partial charge in [-0.25, -0.2) is 4.98 Å². The van der Waals surface area contributed by atoms with E-state index in [4.69, 9.17) is 26.6 Å². The molecule has 12 heteroatoms. The van der Waals surface area contributed by atoms with Crippen LogP contribution in [0, 0.1) is 0 Å². The molecule has 0 spiro atoms. The summed E-state index contributed by atoms with van der Waals surface area (Å²) in [5.41, 5.74) is 0.0435. The smallest absolute Gasteiger partial charge is 0.377 e. The first-order valence-corrected chi connectivity index (χ1v) is 13.6. The third kappa shape index (κ3) is 7.19. The summed E-state index contributed by atoms with van der Waals surface area (Å²) in [6.45, 7) is 4.60. The van der Waals surface area contributed by atoms with Crippen LogP contribution in [0.2, 0.25) is 6.04 Å². The van der Waals surface area contributed by atoms with Gasteiger partial charge in [-0.2, -0.15) is 5.10 Å². The highest BCUT2D eigenvalue weighted by molar-refractivity contribution is 6.62. The third-order valence-electron chi connectivity index (χ3n) is 5.25. The molecule has 29 heavy (non-hydrogen) atoms. The van der Waals surface area contributed by atoms with E-state index in [1.54, 1.807) is 55.3 Å². The maximum atomic E-state index is 5.79. The van der Waals surface area contributed by atoms with Crippen molar-refractivity contribution in [3.05, 3.63) is 12.7 Å². The minimum absolute atomic E-state index is 0.0435. The lowest BCUT2D eigenvalue weighted by Gasteiger charge is -2.39. The van der Waals surface area contributed by atoms with Crippen LogP contribution in [0.25, 0.3) is 0 Å². The van der Waals surface area contributed by atoms with E-state index < -0.39 is 17.6 Å². The zero-order valence-corrected chi connectivity index (χ0v) is 20.9. The van der Waals surface area contributed by atoms with E-state index in [9.17, 15) is 0 Å². The summed E-state index contributed by atoms with van der Waals surface area (Å²) in [6, 6.07) is 0.730. The van der Waals surface area contributed by atoms with Gasteiger partial charge in [0.1, 0.15) is 12.7 Å². The molecule has 1 unspecified atom stereocenters. The molecule has 1 heterocycles. The van der Waals surface area contributed by atoms with Crippen LogP contribution in [0.4, 0.5) is 0 Å². The molecular formula is C17H38N4O6Si2. The first-order chi connectivity index (χ1) is 14.0. The van der Waals surface area contributed by atoms with E-state index in [2.05, 4.69) is 21.9 Å². The molecule has 0 aliphatic carbocycles. The molecule has 1 rings (SSSR count). The largest absolute Gasteiger partial charge is 0.518 e. The highest BCUT2D eigenvalue weighted by Crippen LogP contribution is 2.23. The number of hydrogen-bond donors (Lipinski definition) is 0. The van der Waals surface area contributed by atoms with E-state index in [0.29, 0.717) is 0 Å². The molecule has 0 aliphatic heterocycles. The molecule has 0 aliphatic rings. The zero-order chi connectivity index (χ0) is 21.8. The average Bonchev–Trinajstić information content (AvgIpc) is 3.28. The molecule has 10 nitrogen and oxygen atoms in total. The van der Waals surface area contributed by atoms with E-state index >= 15 is 0 Å². The Kier molecular flexibility index (Phi) is 12.3. The number of aryl methyl sites for hydroxylation is 1. The van der Waals surface area contributed by atoms with Gasteiger partial charge in [-0.3, -0.25) is 9.58 Å². The van der Waals surface area contributed by atoms with Crippen LogP contribution in [0.15, 0.2) is 12.7 Å². The molecule has 0 N–H and O–H groups in total. The lowest BCUT2D eigenvalue weighted by Crippen LogP contribution is -2.61. The number of hydrogen-bond acceptors (Lipinski definition) is 9. The fourth-order valence-corrected chi connectivity index (χ4v) is 7.88. The molecule has 1 atom stereocenters. The van der Waals surface area contributed by atoms with E-state index in [0.717, 1.165) is 44.9 Å². The van der Waals surface area contributed by atoms with Gasteiger partial charge in [0.2, 0.25) is 0 Å². The highest BCUT2D eigenvalue weighted by atomic mass is 28.4. The Labute approximate surface area is 177 Å². The van der Waals surface area contributed by atoms with Crippen molar-refractivity contribution < 1.29 is 26.6 Å². The minimum Gasteiger partial charge on any atom is -0.377 e. The second kappa shape index (κ2) is 13.6. The summed E-state index contributed by atoms with van der Waals surface area (Å²) in [4.78, 5) is 6.39. The molecular weight excluding hydrogens is 412 g/mol. The summed E-state index contributed by atoms with van der Waals surface area (Å²) < 4.78 is 35.9. The fourth-order valence-electron chi connectivity index (χ4n) is 3.65. The van der Waals surface area contributed by atoms with Gasteiger partial charge in [-0.1, -0.05) is 6.92 Å². The summed E-state index contributed by atoms with van der Waals surface area (Å²) >= 11 is 0. The van der Waals surface area contributed by atoms with Gasteiger partial charge in [-0.05, 0) is 25.8 Å². The van der Waals surface area contributed by atoms with Gasteiger partial charge < -0.3 is 26.6 Å². The van der Waals surface area contributed by atoms with Crippen molar-refractivity contribution in [2.24, 2.45) is 0 Å². The second-order valence-electron chi connectivity index (χ2n) is 6.59. The Balaban J connectivity index is 2.87. The monoisotopic (exact) mass is 450 g/mol. The van der Waals surface area contributed by atoms with Crippen molar-refractivity contribution >= 4 is 17.6 Å². The van der Waals surface area contributed by atoms with Crippen LogP contribution < -0.4 is 0 Å². The van der Waals surface area contributed by atoms with Crippen molar-refractivity contribution in [2.45, 2.75) is 44.4 Å². The molecule has 0 saturated carbocycles. The Morgan fingerprint density at radius 1 is 0.897 bits per heavy atom. The minimum atomic E-state index is -2.84. The average molecular weight is 451 g/mol. The molecule has 0 aromatic carbocycles. The van der Waals surface area contributed by atoms with E-state index in [1.165, 1.54) is 0 Å². The van der Waals surface area contributed by atoms with Gasteiger partial charge in [0.15, 0.2) is 0 Å². The van der Waals surface area contributed by atoms with Crippen LogP contribution in [0.5, 0.6) is 0 Å². The van der Waals surface area contributed by atoms with Gasteiger partial charge in [0.25, 0.3) is 0 Å². The summed E-state index contributed by atoms with van der Waals surface area (Å²) in [5.74, 6) is 0. The highest BCUT2D eigenvalue weighted by Gasteiger charge is 2.49. The van der Waals surface area contributed by atoms with E-state index in [-0.39, 0.29) is 5.67 Å². The predicted molar refractivity (Wildman–Crippen MR) is 113 cm³/mol. The molecule has 0 amide bonds. The summed E-state index contributed by atoms with van der Waals surface area (Å²) in [7, 11) is 4.46. The van der Waals surface area contributed by atoms with Gasteiger partial charge in [0.05, 0.1) is 5.67 Å². The Morgan fingerprint density at radius 2 is 1.48 bits per heavy atom. The molecule has 170 valence electrons. The Bertz CT molecular complexity index is 515. The Hall–Kier alpha value is -0.706. The fraction of sp³-hybridized carbons (Fsp3) is 0.882. The van der Waals surface area contributed by atoms with Crippen LogP contribution >= 0.6 is 0 Å². The standard InChI is InChI=1S/C17H38N4O6Si2/c1-8-17(29(25-5,26-6)27-7)20(11-9-13-21-16-18-15-19-21)12-10-14-28(22-2,23-3)24-4/h15-17H,8-14H2,1-7H3. The van der Waals surface area contributed by atoms with Crippen molar-refractivity contribution in [1.82, 2.24) is 19.7 Å². The van der Waals surface area contributed by atoms with Gasteiger partial charge >= 0.3 is 17.6 Å². The van der Waals surface area contributed by atoms with Gasteiger partial charge in [-0.15, -0.1) is 0 Å². The lowest BCUT2D eigenvalue weighted by atomic mass is 10.3. The first-order valence-electron chi connectivity index (χ1n) is 9.87. The second-order valence-corrected chi connectivity index (χ2v) is 12.8. The molecule has 1 aromatic heterocycles. The molecule has 0 bridgehead atoms. The lowest BCUT2D eigenvalue weighted by molar-refractivity contribution is 0.0700. The SMILES string of the molecule is CCC(N(CCCn1cncn1)CCC[Si](OC)(OC)OC)[Si](OC)(OC)OC. The normalized spacial score (nSPS) is 13.9. The van der Waals surface area contributed by atoms with Crippen molar-refractivity contribution in [3.8, 4) is 0 Å². The van der Waals surface area contributed by atoms with Gasteiger partial charge in [0, 0.05) is 61.8 Å². The quantitative estimate of drug-likeness (QED) is 0.327. The van der Waals surface area contributed by atoms with Crippen molar-refractivity contribution in [3.63, 3.8) is 0 Å². The van der Waals surface area contributed by atoms with Crippen molar-refractivity contribution in [2.75, 3.05) is 55.7 Å². The first kappa shape index (κ1) is 26.3. The topological polar surface area (TPSA) is 89.3 Å². The molecule has 0 saturated heterocycles. The summed E-state index contributed by atoms with van der Waals surface area (Å²) in [5, 5.41) is 4.18. The number of nitrogens with zero attached hydrogens (tertiary/aromatic N) is 4. The van der Waals surface area contributed by atoms with Crippen molar-refractivity contribution in [1.29, 1.82) is 0 Å². The number of aromatic nitrogens is 3. The maximum absolute atomic E-state index is 5.79. The van der Waals surface area contributed by atoms with Crippen LogP contribution in [-0.2, 0) is 33.1 Å². The predicted octanol–water partition coefficient (Wildman–Crippen LogP) is 1.43. The summed E-state index contributed by atoms with van der Waals surface area (Å²) in [6.07, 6.45) is 5.92. The van der Waals surface area contributed by atoms with Crippen LogP contribution in [-0.4, -0.2) is 98.7 Å². The third-order valence-corrected chi connectivity index (χ3v) is 11.4. The van der Waals surface area contributed by atoms with E-state index in [1.807, 2.05) is 4.68 Å². The Morgan fingerprint density at radius 3 is 1.93 bits per heavy atom. The zero-order valence-electron chi connectivity index (χ0n) is 18.9. The molecule has 1 aromatic rings. The molecule has 0 radical (unpaired) electrons.